The fraction of sp³-hybridized carbons (Fsp3) is 0.308. The second-order valence-corrected chi connectivity index (χ2v) is 21.9. The number of thioether (sulfide) groups is 1. The fourth-order valence-corrected chi connectivity index (χ4v) is 11.8. The summed E-state index contributed by atoms with van der Waals surface area (Å²) >= 11 is 14.7. The molecule has 7 aromatic rings. The maximum absolute atomic E-state index is 15.2. The number of ether oxygens (including phenoxy) is 13. The largest absolute Gasteiger partial charge is 0.497 e. The molecule has 0 saturated carbocycles. The van der Waals surface area contributed by atoms with Crippen LogP contribution in [0, 0.1) is 0 Å². The van der Waals surface area contributed by atoms with E-state index in [1.54, 1.807) is 87.0 Å². The molecule has 0 spiro atoms. The van der Waals surface area contributed by atoms with E-state index < -0.39 is 90.9 Å². The number of carbonyl (C=O) groups is 3. The SMILES string of the molecule is COc1ccc(O[C@@H]2O[C@H](COCc3ccccc3)[C@@H](OC(O[C@H]3[C@@H](OC(=O)c4ccc(OC)cc4)[C@@H]4OC(c5ccccc5)OC[C@H]4O[C@@H]3SC)c3ccc(OC)cc3)[C@H](OCc3ccccc3)[C@H]2N2C(=O)c3ccc(Cl)c(Cl)c3C2=O)cc1. The first-order valence-electron chi connectivity index (χ1n) is 27.4. The molecule has 4 aliphatic rings. The van der Waals surface area contributed by atoms with Crippen molar-refractivity contribution >= 4 is 52.7 Å². The zero-order chi connectivity index (χ0) is 59.0. The number of carbonyl (C=O) groups excluding carboxylic acids is 3. The molecule has 0 radical (unpaired) electrons. The minimum Gasteiger partial charge on any atom is -0.497 e. The summed E-state index contributed by atoms with van der Waals surface area (Å²) in [6.45, 7) is 0.0278. The van der Waals surface area contributed by atoms with Crippen molar-refractivity contribution in [2.24, 2.45) is 0 Å². The molecule has 7 aromatic carbocycles. The van der Waals surface area contributed by atoms with Gasteiger partial charge in [-0.2, -0.15) is 0 Å². The summed E-state index contributed by atoms with van der Waals surface area (Å²) in [5.74, 6) is -0.236. The van der Waals surface area contributed by atoms with Gasteiger partial charge in [0.1, 0.15) is 71.1 Å². The summed E-state index contributed by atoms with van der Waals surface area (Å²) in [6.07, 6.45) is -9.73. The third kappa shape index (κ3) is 13.4. The van der Waals surface area contributed by atoms with Crippen molar-refractivity contribution in [2.75, 3.05) is 40.8 Å². The van der Waals surface area contributed by atoms with E-state index in [-0.39, 0.29) is 53.2 Å². The molecule has 0 bridgehead atoms. The number of methoxy groups -OCH3 is 3. The van der Waals surface area contributed by atoms with E-state index in [1.807, 2.05) is 97.3 Å². The smallest absolute Gasteiger partial charge is 0.338 e. The molecule has 11 rings (SSSR count). The number of fused-ring (bicyclic) bond motifs is 2. The number of hydrogen-bond donors (Lipinski definition) is 0. The van der Waals surface area contributed by atoms with Crippen LogP contribution in [0.25, 0.3) is 0 Å². The van der Waals surface area contributed by atoms with Crippen molar-refractivity contribution in [3.63, 3.8) is 0 Å². The van der Waals surface area contributed by atoms with Crippen LogP contribution < -0.4 is 18.9 Å². The van der Waals surface area contributed by atoms with Crippen molar-refractivity contribution < 1.29 is 76.0 Å². The number of rotatable bonds is 22. The van der Waals surface area contributed by atoms with Gasteiger partial charge in [0.25, 0.3) is 11.8 Å². The molecule has 85 heavy (non-hydrogen) atoms. The Kier molecular flexibility index (Phi) is 19.3. The van der Waals surface area contributed by atoms with Crippen molar-refractivity contribution in [1.82, 2.24) is 4.90 Å². The molecular weight excluding hydrogens is 1150 g/mol. The van der Waals surface area contributed by atoms with Crippen molar-refractivity contribution in [1.29, 1.82) is 0 Å². The highest BCUT2D eigenvalue weighted by molar-refractivity contribution is 7.99. The Balaban J connectivity index is 1.05. The molecule has 0 N–H and O–H groups in total. The van der Waals surface area contributed by atoms with Gasteiger partial charge in [-0.1, -0.05) is 126 Å². The van der Waals surface area contributed by atoms with Gasteiger partial charge < -0.3 is 61.6 Å². The maximum atomic E-state index is 15.2. The lowest BCUT2D eigenvalue weighted by molar-refractivity contribution is -0.348. The molecule has 2 amide bonds. The van der Waals surface area contributed by atoms with Crippen LogP contribution in [0.1, 0.15) is 65.9 Å². The number of halogens is 2. The Morgan fingerprint density at radius 2 is 1.22 bits per heavy atom. The highest BCUT2D eigenvalue weighted by atomic mass is 35.5. The molecule has 4 heterocycles. The number of nitrogens with zero attached hydrogens (tertiary/aromatic N) is 1. The lowest BCUT2D eigenvalue weighted by Gasteiger charge is -2.50. The van der Waals surface area contributed by atoms with Gasteiger partial charge >= 0.3 is 5.97 Å². The highest BCUT2D eigenvalue weighted by Gasteiger charge is 2.58. The van der Waals surface area contributed by atoms with E-state index in [2.05, 4.69) is 0 Å². The average molecular weight is 1220 g/mol. The summed E-state index contributed by atoms with van der Waals surface area (Å²) in [6, 6.07) is 50.2. The quantitative estimate of drug-likeness (QED) is 0.0356. The number of amides is 2. The summed E-state index contributed by atoms with van der Waals surface area (Å²) in [5.41, 5.74) is 2.11. The zero-order valence-corrected chi connectivity index (χ0v) is 49.0. The van der Waals surface area contributed by atoms with Crippen LogP contribution in [0.3, 0.4) is 0 Å². The first-order valence-corrected chi connectivity index (χ1v) is 29.5. The molecule has 17 nitrogen and oxygen atoms in total. The number of hydrogen-bond acceptors (Lipinski definition) is 17. The van der Waals surface area contributed by atoms with Crippen LogP contribution in [-0.2, 0) is 55.8 Å². The van der Waals surface area contributed by atoms with Gasteiger partial charge in [-0.05, 0) is 90.2 Å². The number of esters is 1. The van der Waals surface area contributed by atoms with Crippen molar-refractivity contribution in [3.8, 4) is 23.0 Å². The molecule has 20 heteroatoms. The minimum atomic E-state index is -1.47. The minimum absolute atomic E-state index is 0.00779. The second kappa shape index (κ2) is 27.5. The van der Waals surface area contributed by atoms with E-state index in [4.69, 9.17) is 84.8 Å². The Bertz CT molecular complexity index is 3370. The molecule has 12 atom stereocenters. The molecule has 3 saturated heterocycles. The Morgan fingerprint density at radius 3 is 1.86 bits per heavy atom. The Labute approximate surface area is 506 Å². The van der Waals surface area contributed by atoms with E-state index in [0.29, 0.717) is 28.6 Å². The molecule has 0 aromatic heterocycles. The van der Waals surface area contributed by atoms with Crippen molar-refractivity contribution in [2.45, 2.75) is 86.3 Å². The summed E-state index contributed by atoms with van der Waals surface area (Å²) < 4.78 is 85.6. The van der Waals surface area contributed by atoms with E-state index in [1.165, 1.54) is 31.0 Å². The third-order valence-electron chi connectivity index (χ3n) is 15.0. The van der Waals surface area contributed by atoms with Crippen LogP contribution in [-0.4, -0.2) is 124 Å². The van der Waals surface area contributed by atoms with Gasteiger partial charge in [0, 0.05) is 11.1 Å². The van der Waals surface area contributed by atoms with Gasteiger partial charge in [-0.3, -0.25) is 14.5 Å². The molecular formula is C65H61Cl2NO16S. The first kappa shape index (κ1) is 59.7. The molecule has 2 unspecified atom stereocenters. The standard InChI is InChI=1S/C65H61Cl2NO16S/c1-72-43-24-20-40(21-25-43)61(71)81-57-55-50(37-77-62(82-55)41-18-12-7-13-19-41)80-65(85-4)58(57)84-63(42-22-26-44(73-2)27-23-42)83-54-49(36-75-34-38-14-8-5-9-15-38)79-64(78-46-30-28-45(74-3)29-31-46)53(56(54)76-35-39-16-10-6-11-17-39)68-59(69)47-32-33-48(66)52(67)51(47)60(68)70/h5-33,49-50,53-58,62-65H,34-37H2,1-4H3/t49-,50-,53-,54-,55-,56-,57+,58+,62?,63?,64-,65-/m1/s1. The predicted molar refractivity (Wildman–Crippen MR) is 314 cm³/mol. The second-order valence-electron chi connectivity index (χ2n) is 20.2. The van der Waals surface area contributed by atoms with E-state index in [9.17, 15) is 4.79 Å². The number of benzene rings is 7. The molecule has 4 aliphatic heterocycles. The maximum Gasteiger partial charge on any atom is 0.338 e. The average Bonchev–Trinajstić information content (AvgIpc) is 2.46. The highest BCUT2D eigenvalue weighted by Crippen LogP contribution is 2.45. The monoisotopic (exact) mass is 1210 g/mol. The molecule has 3 fully saturated rings. The van der Waals surface area contributed by atoms with Crippen LogP contribution >= 0.6 is 35.0 Å². The lowest BCUT2D eigenvalue weighted by Crippen LogP contribution is -2.68. The van der Waals surface area contributed by atoms with E-state index >= 15 is 9.59 Å². The van der Waals surface area contributed by atoms with Crippen LogP contribution in [0.2, 0.25) is 10.0 Å². The van der Waals surface area contributed by atoms with Gasteiger partial charge in [0.05, 0.1) is 74.5 Å². The predicted octanol–water partition coefficient (Wildman–Crippen LogP) is 11.5. The lowest BCUT2D eigenvalue weighted by atomic mass is 9.94. The van der Waals surface area contributed by atoms with Crippen LogP contribution in [0.5, 0.6) is 23.0 Å². The zero-order valence-electron chi connectivity index (χ0n) is 46.6. The van der Waals surface area contributed by atoms with Gasteiger partial charge in [0.2, 0.25) is 6.29 Å². The van der Waals surface area contributed by atoms with Crippen molar-refractivity contribution in [3.05, 3.63) is 225 Å². The fourth-order valence-electron chi connectivity index (χ4n) is 10.7. The third-order valence-corrected chi connectivity index (χ3v) is 16.6. The van der Waals surface area contributed by atoms with Crippen LogP contribution in [0.4, 0.5) is 0 Å². The van der Waals surface area contributed by atoms with E-state index in [0.717, 1.165) is 21.6 Å². The summed E-state index contributed by atoms with van der Waals surface area (Å²) in [4.78, 5) is 46.0. The van der Waals surface area contributed by atoms with Crippen LogP contribution in [0.15, 0.2) is 176 Å². The van der Waals surface area contributed by atoms with Gasteiger partial charge in [-0.25, -0.2) is 4.79 Å². The summed E-state index contributed by atoms with van der Waals surface area (Å²) in [7, 11) is 4.63. The number of imide groups is 1. The van der Waals surface area contributed by atoms with Gasteiger partial charge in [0.15, 0.2) is 18.7 Å². The van der Waals surface area contributed by atoms with Gasteiger partial charge in [-0.15, -0.1) is 11.8 Å². The Hall–Kier alpha value is -7.04. The summed E-state index contributed by atoms with van der Waals surface area (Å²) in [5, 5.41) is -0.0379. The normalized spacial score (nSPS) is 24.9. The topological polar surface area (TPSA) is 174 Å². The molecule has 442 valence electrons. The Morgan fingerprint density at radius 1 is 0.635 bits per heavy atom. The first-order chi connectivity index (χ1) is 41.5. The molecule has 0 aliphatic carbocycles.